The summed E-state index contributed by atoms with van der Waals surface area (Å²) in [4.78, 5) is 0. The Labute approximate surface area is 120 Å². The molecule has 2 atom stereocenters. The third-order valence-electron chi connectivity index (χ3n) is 3.98. The fourth-order valence-electron chi connectivity index (χ4n) is 2.75. The molecule has 0 amide bonds. The van der Waals surface area contributed by atoms with Crippen molar-refractivity contribution in [1.82, 2.24) is 0 Å². The second kappa shape index (κ2) is 6.21. The summed E-state index contributed by atoms with van der Waals surface area (Å²) in [7, 11) is 0. The minimum Gasteiger partial charge on any atom is -0.388 e. The lowest BCUT2D eigenvalue weighted by atomic mass is 9.95. The Hall–Kier alpha value is -1.64. The van der Waals surface area contributed by atoms with Crippen LogP contribution in [0.2, 0.25) is 0 Å². The largest absolute Gasteiger partial charge is 0.388 e. The molecule has 0 radical (unpaired) electrons. The molecule has 0 aromatic heterocycles. The first-order chi connectivity index (χ1) is 9.83. The molecule has 0 aliphatic carbocycles. The molecule has 0 bridgehead atoms. The van der Waals surface area contributed by atoms with Gasteiger partial charge in [-0.25, -0.2) is 0 Å². The number of rotatable bonds is 4. The minimum atomic E-state index is -0.383. The lowest BCUT2D eigenvalue weighted by molar-refractivity contribution is 0.129. The molecule has 3 rings (SSSR count). The van der Waals surface area contributed by atoms with Crippen molar-refractivity contribution in [2.24, 2.45) is 5.92 Å². The lowest BCUT2D eigenvalue weighted by Gasteiger charge is -2.15. The molecule has 1 fully saturated rings. The Kier molecular flexibility index (Phi) is 4.14. The molecule has 2 aromatic carbocycles. The van der Waals surface area contributed by atoms with Gasteiger partial charge in [0.15, 0.2) is 0 Å². The van der Waals surface area contributed by atoms with Crippen LogP contribution in [0, 0.1) is 5.92 Å². The van der Waals surface area contributed by atoms with Crippen molar-refractivity contribution >= 4 is 0 Å². The van der Waals surface area contributed by atoms with Crippen molar-refractivity contribution in [2.75, 3.05) is 13.2 Å². The van der Waals surface area contributed by atoms with Crippen LogP contribution >= 0.6 is 0 Å². The zero-order chi connectivity index (χ0) is 13.8. The van der Waals surface area contributed by atoms with Gasteiger partial charge in [-0.3, -0.25) is 0 Å². The molecule has 0 spiro atoms. The predicted molar refractivity (Wildman–Crippen MR) is 80.4 cm³/mol. The number of aliphatic hydroxyl groups excluding tert-OH is 1. The Morgan fingerprint density at radius 2 is 1.70 bits per heavy atom. The van der Waals surface area contributed by atoms with Gasteiger partial charge in [0.25, 0.3) is 0 Å². The van der Waals surface area contributed by atoms with Crippen LogP contribution in [-0.4, -0.2) is 18.3 Å². The van der Waals surface area contributed by atoms with Crippen LogP contribution in [0.25, 0.3) is 11.1 Å². The Bertz CT molecular complexity index is 527. The van der Waals surface area contributed by atoms with Gasteiger partial charge in [0.1, 0.15) is 0 Å². The van der Waals surface area contributed by atoms with Gasteiger partial charge >= 0.3 is 0 Å². The average Bonchev–Trinajstić information content (AvgIpc) is 3.01. The van der Waals surface area contributed by atoms with E-state index < -0.39 is 0 Å². The Morgan fingerprint density at radius 3 is 2.35 bits per heavy atom. The summed E-state index contributed by atoms with van der Waals surface area (Å²) in [5.74, 6) is 0.499. The molecule has 1 aliphatic rings. The molecular weight excluding hydrogens is 248 g/mol. The number of aliphatic hydroxyl groups is 1. The molecule has 2 heteroatoms. The molecule has 20 heavy (non-hydrogen) atoms. The zero-order valence-corrected chi connectivity index (χ0v) is 11.5. The first-order valence-electron chi connectivity index (χ1n) is 7.24. The molecule has 2 aromatic rings. The van der Waals surface area contributed by atoms with E-state index in [1.807, 2.05) is 30.3 Å². The molecule has 104 valence electrons. The fourth-order valence-corrected chi connectivity index (χ4v) is 2.75. The van der Waals surface area contributed by atoms with Gasteiger partial charge in [-0.2, -0.15) is 0 Å². The van der Waals surface area contributed by atoms with Gasteiger partial charge in [0, 0.05) is 13.2 Å². The van der Waals surface area contributed by atoms with Crippen molar-refractivity contribution in [3.8, 4) is 11.1 Å². The number of benzene rings is 2. The predicted octanol–water partition coefficient (Wildman–Crippen LogP) is 3.81. The average molecular weight is 268 g/mol. The van der Waals surface area contributed by atoms with Gasteiger partial charge in [-0.1, -0.05) is 54.6 Å². The van der Waals surface area contributed by atoms with E-state index in [9.17, 15) is 5.11 Å². The van der Waals surface area contributed by atoms with Gasteiger partial charge in [-0.05, 0) is 35.4 Å². The van der Waals surface area contributed by atoms with E-state index in [2.05, 4.69) is 24.3 Å². The first-order valence-corrected chi connectivity index (χ1v) is 7.24. The topological polar surface area (TPSA) is 29.5 Å². The third kappa shape index (κ3) is 3.09. The second-order valence-corrected chi connectivity index (χ2v) is 5.47. The van der Waals surface area contributed by atoms with Crippen LogP contribution in [0.3, 0.4) is 0 Å². The number of hydrogen-bond donors (Lipinski definition) is 1. The highest BCUT2D eigenvalue weighted by molar-refractivity contribution is 5.63. The van der Waals surface area contributed by atoms with Crippen LogP contribution in [0.4, 0.5) is 0 Å². The first kappa shape index (κ1) is 13.3. The van der Waals surface area contributed by atoms with Crippen molar-refractivity contribution < 1.29 is 9.84 Å². The summed E-state index contributed by atoms with van der Waals surface area (Å²) in [6.45, 7) is 1.63. The number of ether oxygens (including phenoxy) is 1. The monoisotopic (exact) mass is 268 g/mol. The maximum absolute atomic E-state index is 10.3. The van der Waals surface area contributed by atoms with Crippen molar-refractivity contribution in [3.63, 3.8) is 0 Å². The van der Waals surface area contributed by atoms with E-state index in [4.69, 9.17) is 4.74 Å². The minimum absolute atomic E-state index is 0.383. The standard InChI is InChI=1S/C18H20O2/c19-18(12-14-10-11-20-13-14)17-8-6-16(7-9-17)15-4-2-1-3-5-15/h1-9,14,18-19H,10-13H2. The molecule has 1 heterocycles. The maximum Gasteiger partial charge on any atom is 0.0793 e. The summed E-state index contributed by atoms with van der Waals surface area (Å²) < 4.78 is 5.36. The summed E-state index contributed by atoms with van der Waals surface area (Å²) in [6, 6.07) is 18.5. The summed E-state index contributed by atoms with van der Waals surface area (Å²) in [6.07, 6.45) is 1.48. The Balaban J connectivity index is 1.69. The molecular formula is C18H20O2. The molecule has 1 saturated heterocycles. The third-order valence-corrected chi connectivity index (χ3v) is 3.98. The van der Waals surface area contributed by atoms with Crippen molar-refractivity contribution in [3.05, 3.63) is 60.2 Å². The highest BCUT2D eigenvalue weighted by Gasteiger charge is 2.20. The number of hydrogen-bond acceptors (Lipinski definition) is 2. The summed E-state index contributed by atoms with van der Waals surface area (Å²) in [5.41, 5.74) is 3.39. The van der Waals surface area contributed by atoms with E-state index in [1.54, 1.807) is 0 Å². The highest BCUT2D eigenvalue weighted by atomic mass is 16.5. The van der Waals surface area contributed by atoms with Crippen LogP contribution < -0.4 is 0 Å². The van der Waals surface area contributed by atoms with Gasteiger partial charge < -0.3 is 9.84 Å². The maximum atomic E-state index is 10.3. The van der Waals surface area contributed by atoms with Crippen LogP contribution in [0.5, 0.6) is 0 Å². The SMILES string of the molecule is OC(CC1CCOC1)c1ccc(-c2ccccc2)cc1. The van der Waals surface area contributed by atoms with E-state index in [1.165, 1.54) is 11.1 Å². The molecule has 0 saturated carbocycles. The van der Waals surface area contributed by atoms with Crippen LogP contribution in [-0.2, 0) is 4.74 Å². The van der Waals surface area contributed by atoms with E-state index in [0.29, 0.717) is 5.92 Å². The van der Waals surface area contributed by atoms with Crippen LogP contribution in [0.15, 0.2) is 54.6 Å². The van der Waals surface area contributed by atoms with Crippen LogP contribution in [0.1, 0.15) is 24.5 Å². The van der Waals surface area contributed by atoms with Gasteiger partial charge in [0.2, 0.25) is 0 Å². The smallest absolute Gasteiger partial charge is 0.0793 e. The fraction of sp³-hybridized carbons (Fsp3) is 0.333. The second-order valence-electron chi connectivity index (χ2n) is 5.47. The quantitative estimate of drug-likeness (QED) is 0.913. The van der Waals surface area contributed by atoms with Gasteiger partial charge in [0.05, 0.1) is 6.10 Å². The van der Waals surface area contributed by atoms with Crippen molar-refractivity contribution in [2.45, 2.75) is 18.9 Å². The van der Waals surface area contributed by atoms with E-state index in [0.717, 1.165) is 31.6 Å². The summed E-state index contributed by atoms with van der Waals surface area (Å²) >= 11 is 0. The van der Waals surface area contributed by atoms with Gasteiger partial charge in [-0.15, -0.1) is 0 Å². The highest BCUT2D eigenvalue weighted by Crippen LogP contribution is 2.28. The molecule has 1 aliphatic heterocycles. The lowest BCUT2D eigenvalue weighted by Crippen LogP contribution is -2.07. The zero-order valence-electron chi connectivity index (χ0n) is 11.5. The van der Waals surface area contributed by atoms with Crippen molar-refractivity contribution in [1.29, 1.82) is 0 Å². The summed E-state index contributed by atoms with van der Waals surface area (Å²) in [5, 5.41) is 10.3. The van der Waals surface area contributed by atoms with E-state index in [-0.39, 0.29) is 6.10 Å². The van der Waals surface area contributed by atoms with E-state index >= 15 is 0 Å². The Morgan fingerprint density at radius 1 is 1.00 bits per heavy atom. The molecule has 2 unspecified atom stereocenters. The normalized spacial score (nSPS) is 19.9. The molecule has 1 N–H and O–H groups in total. The molecule has 2 nitrogen and oxygen atoms in total.